The van der Waals surface area contributed by atoms with Crippen LogP contribution >= 0.6 is 23.4 Å². The van der Waals surface area contributed by atoms with E-state index in [1.807, 2.05) is 6.92 Å². The Hall–Kier alpha value is -0.870. The highest BCUT2D eigenvalue weighted by atomic mass is 35.5. The van der Waals surface area contributed by atoms with Crippen LogP contribution in [-0.2, 0) is 4.79 Å². The van der Waals surface area contributed by atoms with E-state index in [4.69, 9.17) is 16.3 Å². The number of amides is 1. The average molecular weight is 328 g/mol. The summed E-state index contributed by atoms with van der Waals surface area (Å²) >= 11 is 7.76. The number of rotatable bonds is 5. The van der Waals surface area contributed by atoms with E-state index in [0.29, 0.717) is 21.7 Å². The number of halogens is 1. The number of benzene rings is 1. The van der Waals surface area contributed by atoms with Gasteiger partial charge in [-0.1, -0.05) is 30.9 Å². The van der Waals surface area contributed by atoms with Gasteiger partial charge in [0.25, 0.3) is 0 Å². The fourth-order valence-corrected chi connectivity index (χ4v) is 4.10. The summed E-state index contributed by atoms with van der Waals surface area (Å²) in [6, 6.07) is 5.23. The highest BCUT2D eigenvalue weighted by molar-refractivity contribution is 8.01. The molecule has 3 nitrogen and oxygen atoms in total. The molecule has 0 aromatic heterocycles. The van der Waals surface area contributed by atoms with E-state index in [1.54, 1.807) is 37.1 Å². The number of anilines is 1. The van der Waals surface area contributed by atoms with Gasteiger partial charge in [-0.05, 0) is 38.0 Å². The van der Waals surface area contributed by atoms with Crippen LogP contribution in [0, 0.1) is 0 Å². The number of nitrogens with one attached hydrogen (secondary N) is 1. The molecule has 21 heavy (non-hydrogen) atoms. The molecule has 1 aliphatic carbocycles. The van der Waals surface area contributed by atoms with Crippen molar-refractivity contribution >= 4 is 35.0 Å². The molecular weight excluding hydrogens is 306 g/mol. The summed E-state index contributed by atoms with van der Waals surface area (Å²) in [5.41, 5.74) is 0.631. The fraction of sp³-hybridized carbons (Fsp3) is 0.562. The molecule has 2 rings (SSSR count). The summed E-state index contributed by atoms with van der Waals surface area (Å²) in [5.74, 6) is 0.633. The van der Waals surface area contributed by atoms with Gasteiger partial charge in [-0.25, -0.2) is 0 Å². The number of carbonyl (C=O) groups is 1. The zero-order valence-corrected chi connectivity index (χ0v) is 14.1. The number of thioether (sulfide) groups is 1. The summed E-state index contributed by atoms with van der Waals surface area (Å²) < 4.78 is 5.25. The molecule has 1 unspecified atom stereocenters. The topological polar surface area (TPSA) is 38.3 Å². The minimum atomic E-state index is -0.0724. The third-order valence-corrected chi connectivity index (χ3v) is 5.45. The number of methoxy groups -OCH3 is 1. The quantitative estimate of drug-likeness (QED) is 0.848. The molecule has 0 spiro atoms. The highest BCUT2D eigenvalue weighted by Crippen LogP contribution is 2.32. The molecule has 1 aromatic carbocycles. The minimum Gasteiger partial charge on any atom is -0.495 e. The molecule has 0 bridgehead atoms. The van der Waals surface area contributed by atoms with Gasteiger partial charge < -0.3 is 10.1 Å². The third-order valence-electron chi connectivity index (χ3n) is 3.74. The van der Waals surface area contributed by atoms with Gasteiger partial charge in [-0.3, -0.25) is 4.79 Å². The molecule has 1 saturated carbocycles. The van der Waals surface area contributed by atoms with Crippen molar-refractivity contribution in [3.05, 3.63) is 23.2 Å². The standard InChI is InChI=1S/C16H22ClNO2S/c1-11(21-13-6-4-3-5-7-13)16(19)18-14-10-12(17)8-9-15(14)20-2/h8-11,13H,3-7H2,1-2H3,(H,18,19). The maximum Gasteiger partial charge on any atom is 0.237 e. The van der Waals surface area contributed by atoms with Crippen LogP contribution in [0.5, 0.6) is 5.75 Å². The van der Waals surface area contributed by atoms with Crippen LogP contribution in [0.4, 0.5) is 5.69 Å². The van der Waals surface area contributed by atoms with Crippen LogP contribution in [0.15, 0.2) is 18.2 Å². The Kier molecular flexibility index (Phi) is 6.24. The Labute approximate surface area is 135 Å². The zero-order valence-electron chi connectivity index (χ0n) is 12.5. The first-order valence-corrected chi connectivity index (χ1v) is 8.72. The monoisotopic (exact) mass is 327 g/mol. The van der Waals surface area contributed by atoms with Gasteiger partial charge in [0.2, 0.25) is 5.91 Å². The van der Waals surface area contributed by atoms with E-state index in [-0.39, 0.29) is 11.2 Å². The SMILES string of the molecule is COc1ccc(Cl)cc1NC(=O)C(C)SC1CCCCC1. The average Bonchev–Trinajstić information content (AvgIpc) is 2.48. The van der Waals surface area contributed by atoms with Crippen LogP contribution in [-0.4, -0.2) is 23.5 Å². The van der Waals surface area contributed by atoms with E-state index >= 15 is 0 Å². The van der Waals surface area contributed by atoms with Crippen molar-refractivity contribution in [1.82, 2.24) is 0 Å². The van der Waals surface area contributed by atoms with Crippen LogP contribution in [0.1, 0.15) is 39.0 Å². The van der Waals surface area contributed by atoms with E-state index in [0.717, 1.165) is 0 Å². The summed E-state index contributed by atoms with van der Waals surface area (Å²) in [4.78, 5) is 12.3. The molecule has 0 heterocycles. The lowest BCUT2D eigenvalue weighted by molar-refractivity contribution is -0.115. The normalized spacial score (nSPS) is 17.3. The Bertz CT molecular complexity index is 489. The minimum absolute atomic E-state index is 0.00569. The van der Waals surface area contributed by atoms with Gasteiger partial charge in [0.1, 0.15) is 5.75 Å². The van der Waals surface area contributed by atoms with Crippen molar-refractivity contribution < 1.29 is 9.53 Å². The van der Waals surface area contributed by atoms with Gasteiger partial charge in [0.05, 0.1) is 18.0 Å². The van der Waals surface area contributed by atoms with Crippen molar-refractivity contribution in [2.75, 3.05) is 12.4 Å². The number of hydrogen-bond donors (Lipinski definition) is 1. The lowest BCUT2D eigenvalue weighted by Crippen LogP contribution is -2.25. The smallest absolute Gasteiger partial charge is 0.237 e. The maximum absolute atomic E-state index is 12.3. The summed E-state index contributed by atoms with van der Waals surface area (Å²) in [6.45, 7) is 1.96. The molecule has 116 valence electrons. The fourth-order valence-electron chi connectivity index (χ4n) is 2.56. The second-order valence-corrected chi connectivity index (χ2v) is 7.45. The van der Waals surface area contributed by atoms with E-state index in [1.165, 1.54) is 32.1 Å². The summed E-state index contributed by atoms with van der Waals surface area (Å²) in [7, 11) is 1.58. The molecule has 1 amide bonds. The van der Waals surface area contributed by atoms with Crippen LogP contribution in [0.2, 0.25) is 5.02 Å². The second-order valence-electron chi connectivity index (χ2n) is 5.37. The third kappa shape index (κ3) is 4.82. The van der Waals surface area contributed by atoms with Crippen LogP contribution in [0.25, 0.3) is 0 Å². The van der Waals surface area contributed by atoms with Gasteiger partial charge >= 0.3 is 0 Å². The zero-order chi connectivity index (χ0) is 15.2. The largest absolute Gasteiger partial charge is 0.495 e. The molecule has 5 heteroatoms. The highest BCUT2D eigenvalue weighted by Gasteiger charge is 2.22. The van der Waals surface area contributed by atoms with Crippen molar-refractivity contribution in [2.24, 2.45) is 0 Å². The van der Waals surface area contributed by atoms with Gasteiger partial charge in [-0.15, -0.1) is 11.8 Å². The van der Waals surface area contributed by atoms with Crippen molar-refractivity contribution in [3.63, 3.8) is 0 Å². The number of hydrogen-bond acceptors (Lipinski definition) is 3. The predicted octanol–water partition coefficient (Wildman–Crippen LogP) is 4.74. The molecule has 1 atom stereocenters. The maximum atomic E-state index is 12.3. The number of ether oxygens (including phenoxy) is 1. The van der Waals surface area contributed by atoms with Crippen LogP contribution < -0.4 is 10.1 Å². The lowest BCUT2D eigenvalue weighted by Gasteiger charge is -2.24. The molecule has 0 saturated heterocycles. The van der Waals surface area contributed by atoms with Gasteiger partial charge in [0.15, 0.2) is 0 Å². The van der Waals surface area contributed by atoms with Crippen LogP contribution in [0.3, 0.4) is 0 Å². The lowest BCUT2D eigenvalue weighted by atomic mass is 10.0. The first-order chi connectivity index (χ1) is 10.1. The first kappa shape index (κ1) is 16.5. The van der Waals surface area contributed by atoms with E-state index in [2.05, 4.69) is 5.32 Å². The predicted molar refractivity (Wildman–Crippen MR) is 90.6 cm³/mol. The Morgan fingerprint density at radius 2 is 2.10 bits per heavy atom. The Balaban J connectivity index is 1.95. The van der Waals surface area contributed by atoms with Crippen molar-refractivity contribution in [1.29, 1.82) is 0 Å². The summed E-state index contributed by atoms with van der Waals surface area (Å²) in [6.07, 6.45) is 6.35. The first-order valence-electron chi connectivity index (χ1n) is 7.40. The number of carbonyl (C=O) groups excluding carboxylic acids is 1. The van der Waals surface area contributed by atoms with Crippen molar-refractivity contribution in [2.45, 2.75) is 49.5 Å². The molecular formula is C16H22ClNO2S. The molecule has 1 aromatic rings. The van der Waals surface area contributed by atoms with Gasteiger partial charge in [0, 0.05) is 10.3 Å². The van der Waals surface area contributed by atoms with E-state index < -0.39 is 0 Å². The molecule has 0 radical (unpaired) electrons. The molecule has 0 aliphatic heterocycles. The molecule has 1 N–H and O–H groups in total. The Morgan fingerprint density at radius 3 is 2.76 bits per heavy atom. The van der Waals surface area contributed by atoms with Gasteiger partial charge in [-0.2, -0.15) is 0 Å². The van der Waals surface area contributed by atoms with Crippen molar-refractivity contribution in [3.8, 4) is 5.75 Å². The van der Waals surface area contributed by atoms with E-state index in [9.17, 15) is 4.79 Å². The summed E-state index contributed by atoms with van der Waals surface area (Å²) in [5, 5.41) is 4.04. The molecule has 1 aliphatic rings. The second kappa shape index (κ2) is 7.95. The Morgan fingerprint density at radius 1 is 1.38 bits per heavy atom. The molecule has 1 fully saturated rings.